The van der Waals surface area contributed by atoms with Crippen LogP contribution in [-0.4, -0.2) is 17.8 Å². The van der Waals surface area contributed by atoms with Crippen LogP contribution < -0.4 is 15.8 Å². The van der Waals surface area contributed by atoms with Crippen molar-refractivity contribution in [3.63, 3.8) is 0 Å². The van der Waals surface area contributed by atoms with Gasteiger partial charge < -0.3 is 10.5 Å². The van der Waals surface area contributed by atoms with E-state index in [-0.39, 0.29) is 11.8 Å². The number of primary amides is 1. The van der Waals surface area contributed by atoms with Gasteiger partial charge in [-0.1, -0.05) is 12.1 Å². The lowest BCUT2D eigenvalue weighted by atomic mass is 10.0. The minimum atomic E-state index is -4.71. The quantitative estimate of drug-likeness (QED) is 0.875. The van der Waals surface area contributed by atoms with Crippen molar-refractivity contribution in [2.45, 2.75) is 38.7 Å². The first-order chi connectivity index (χ1) is 9.01. The lowest BCUT2D eigenvalue weighted by molar-refractivity contribution is -0.274. The van der Waals surface area contributed by atoms with Gasteiger partial charge in [0.2, 0.25) is 5.91 Å². The number of amides is 1. The highest BCUT2D eigenvalue weighted by Crippen LogP contribution is 2.25. The minimum absolute atomic E-state index is 0.252. The number of nitrogens with one attached hydrogen (secondary N) is 1. The van der Waals surface area contributed by atoms with Crippen molar-refractivity contribution in [1.82, 2.24) is 5.32 Å². The smallest absolute Gasteiger partial charge is 0.406 e. The van der Waals surface area contributed by atoms with Gasteiger partial charge in [-0.25, -0.2) is 0 Å². The Labute approximate surface area is 115 Å². The fraction of sp³-hybridized carbons (Fsp3) is 0.462. The largest absolute Gasteiger partial charge is 0.573 e. The molecule has 0 heterocycles. The molecule has 1 unspecified atom stereocenters. The first kappa shape index (κ1) is 16.3. The van der Waals surface area contributed by atoms with E-state index in [0.29, 0.717) is 5.56 Å². The van der Waals surface area contributed by atoms with Crippen molar-refractivity contribution in [1.29, 1.82) is 0 Å². The molecule has 112 valence electrons. The van der Waals surface area contributed by atoms with Gasteiger partial charge in [-0.2, -0.15) is 0 Å². The average Bonchev–Trinajstić information content (AvgIpc) is 2.26. The number of alkyl halides is 3. The molecule has 0 fully saturated rings. The van der Waals surface area contributed by atoms with Crippen molar-refractivity contribution < 1.29 is 22.7 Å². The van der Waals surface area contributed by atoms with Gasteiger partial charge in [-0.3, -0.25) is 10.1 Å². The van der Waals surface area contributed by atoms with Crippen LogP contribution in [0.3, 0.4) is 0 Å². The number of carbonyl (C=O) groups is 1. The van der Waals surface area contributed by atoms with E-state index >= 15 is 0 Å². The molecule has 20 heavy (non-hydrogen) atoms. The number of carbonyl (C=O) groups excluding carboxylic acids is 1. The zero-order chi connectivity index (χ0) is 15.6. The van der Waals surface area contributed by atoms with Gasteiger partial charge in [0.1, 0.15) is 5.75 Å². The van der Waals surface area contributed by atoms with Gasteiger partial charge in [0.25, 0.3) is 0 Å². The van der Waals surface area contributed by atoms with Crippen LogP contribution in [0.4, 0.5) is 13.2 Å². The predicted octanol–water partition coefficient (Wildman–Crippen LogP) is 2.50. The van der Waals surface area contributed by atoms with Crippen molar-refractivity contribution in [3.05, 3.63) is 29.8 Å². The molecule has 0 radical (unpaired) electrons. The Morgan fingerprint density at radius 3 is 2.15 bits per heavy atom. The first-order valence-corrected chi connectivity index (χ1v) is 5.94. The molecule has 0 saturated heterocycles. The van der Waals surface area contributed by atoms with Crippen molar-refractivity contribution in [2.24, 2.45) is 5.73 Å². The Balaban J connectivity index is 2.76. The molecule has 3 N–H and O–H groups in total. The molecule has 1 amide bonds. The molecule has 1 rings (SSSR count). The number of hydrogen-bond donors (Lipinski definition) is 2. The molecule has 4 nitrogen and oxygen atoms in total. The SMILES string of the molecule is CC(NC(C)(C)C(N)=O)c1ccc(OC(F)(F)F)cc1. The van der Waals surface area contributed by atoms with Gasteiger partial charge in [-0.05, 0) is 38.5 Å². The first-order valence-electron chi connectivity index (χ1n) is 5.94. The van der Waals surface area contributed by atoms with E-state index in [0.717, 1.165) is 0 Å². The summed E-state index contributed by atoms with van der Waals surface area (Å²) in [5.74, 6) is -0.802. The summed E-state index contributed by atoms with van der Waals surface area (Å²) in [5, 5.41) is 3.00. The summed E-state index contributed by atoms with van der Waals surface area (Å²) in [5.41, 5.74) is 5.04. The van der Waals surface area contributed by atoms with Crippen LogP contribution in [0.2, 0.25) is 0 Å². The van der Waals surface area contributed by atoms with E-state index in [1.54, 1.807) is 20.8 Å². The highest BCUT2D eigenvalue weighted by Gasteiger charge is 2.31. The summed E-state index contributed by atoms with van der Waals surface area (Å²) in [6.07, 6.45) is -4.71. The molecule has 1 atom stereocenters. The molecule has 1 aromatic rings. The number of rotatable bonds is 5. The second kappa shape index (κ2) is 5.70. The van der Waals surface area contributed by atoms with E-state index in [2.05, 4.69) is 10.1 Å². The monoisotopic (exact) mass is 290 g/mol. The molecule has 0 aromatic heterocycles. The molecule has 0 aliphatic rings. The number of ether oxygens (including phenoxy) is 1. The zero-order valence-electron chi connectivity index (χ0n) is 11.4. The molecule has 0 spiro atoms. The van der Waals surface area contributed by atoms with Gasteiger partial charge in [0.05, 0.1) is 5.54 Å². The Kier molecular flexibility index (Phi) is 4.65. The minimum Gasteiger partial charge on any atom is -0.406 e. The van der Waals surface area contributed by atoms with Gasteiger partial charge >= 0.3 is 6.36 Å². The second-order valence-electron chi connectivity index (χ2n) is 4.97. The van der Waals surface area contributed by atoms with Gasteiger partial charge in [0, 0.05) is 6.04 Å². The normalized spacial score (nSPS) is 13.9. The van der Waals surface area contributed by atoms with E-state index < -0.39 is 17.8 Å². The summed E-state index contributed by atoms with van der Waals surface area (Å²) >= 11 is 0. The molecular formula is C13H17F3N2O2. The highest BCUT2D eigenvalue weighted by atomic mass is 19.4. The fourth-order valence-corrected chi connectivity index (χ4v) is 1.65. The van der Waals surface area contributed by atoms with Crippen molar-refractivity contribution in [3.8, 4) is 5.75 Å². The third-order valence-electron chi connectivity index (χ3n) is 2.81. The van der Waals surface area contributed by atoms with Crippen molar-refractivity contribution >= 4 is 5.91 Å². The summed E-state index contributed by atoms with van der Waals surface area (Å²) in [6, 6.07) is 5.18. The molecule has 0 aliphatic carbocycles. The average molecular weight is 290 g/mol. The highest BCUT2D eigenvalue weighted by molar-refractivity contribution is 5.83. The summed E-state index contributed by atoms with van der Waals surface area (Å²) in [6.45, 7) is 5.05. The van der Waals surface area contributed by atoms with Crippen LogP contribution in [-0.2, 0) is 4.79 Å². The Morgan fingerprint density at radius 2 is 1.75 bits per heavy atom. The van der Waals surface area contributed by atoms with Crippen LogP contribution in [0.5, 0.6) is 5.75 Å². The Morgan fingerprint density at radius 1 is 1.25 bits per heavy atom. The maximum atomic E-state index is 12.0. The maximum Gasteiger partial charge on any atom is 0.573 e. The third-order valence-corrected chi connectivity index (χ3v) is 2.81. The van der Waals surface area contributed by atoms with Crippen LogP contribution >= 0.6 is 0 Å². The molecular weight excluding hydrogens is 273 g/mol. The van der Waals surface area contributed by atoms with E-state index in [1.165, 1.54) is 24.3 Å². The topological polar surface area (TPSA) is 64.3 Å². The standard InChI is InChI=1S/C13H17F3N2O2/c1-8(18-12(2,3)11(17)19)9-4-6-10(7-5-9)20-13(14,15)16/h4-8,18H,1-3H3,(H2,17,19). The van der Waals surface area contributed by atoms with Gasteiger partial charge in [-0.15, -0.1) is 13.2 Å². The lowest BCUT2D eigenvalue weighted by Crippen LogP contribution is -2.51. The van der Waals surface area contributed by atoms with Crippen LogP contribution in [0.15, 0.2) is 24.3 Å². The van der Waals surface area contributed by atoms with Gasteiger partial charge in [0.15, 0.2) is 0 Å². The number of nitrogens with two attached hydrogens (primary N) is 1. The molecule has 7 heteroatoms. The lowest BCUT2D eigenvalue weighted by Gasteiger charge is -2.27. The predicted molar refractivity (Wildman–Crippen MR) is 67.9 cm³/mol. The molecule has 0 aliphatic heterocycles. The second-order valence-corrected chi connectivity index (χ2v) is 4.97. The summed E-state index contributed by atoms with van der Waals surface area (Å²) in [7, 11) is 0. The van der Waals surface area contributed by atoms with E-state index in [1.807, 2.05) is 0 Å². The third kappa shape index (κ3) is 4.73. The number of hydrogen-bond acceptors (Lipinski definition) is 3. The van der Waals surface area contributed by atoms with Crippen LogP contribution in [0, 0.1) is 0 Å². The van der Waals surface area contributed by atoms with Crippen LogP contribution in [0.1, 0.15) is 32.4 Å². The van der Waals surface area contributed by atoms with Crippen LogP contribution in [0.25, 0.3) is 0 Å². The molecule has 1 aromatic carbocycles. The fourth-order valence-electron chi connectivity index (χ4n) is 1.65. The Hall–Kier alpha value is -1.76. The van der Waals surface area contributed by atoms with Crippen molar-refractivity contribution in [2.75, 3.05) is 0 Å². The number of benzene rings is 1. The molecule has 0 saturated carbocycles. The zero-order valence-corrected chi connectivity index (χ0v) is 11.4. The maximum absolute atomic E-state index is 12.0. The van der Waals surface area contributed by atoms with E-state index in [4.69, 9.17) is 5.73 Å². The summed E-state index contributed by atoms with van der Waals surface area (Å²) in [4.78, 5) is 11.2. The Bertz CT molecular complexity index is 469. The van der Waals surface area contributed by atoms with E-state index in [9.17, 15) is 18.0 Å². The molecule has 0 bridgehead atoms. The number of halogens is 3. The summed E-state index contributed by atoms with van der Waals surface area (Å²) < 4.78 is 39.9.